The average molecular weight is 382 g/mol. The molecule has 28 heavy (non-hydrogen) atoms. The molecule has 0 aliphatic rings. The number of ether oxygens (including phenoxy) is 3. The van der Waals surface area contributed by atoms with Crippen LogP contribution in [-0.4, -0.2) is 37.0 Å². The lowest BCUT2D eigenvalue weighted by molar-refractivity contribution is -0.149. The average Bonchev–Trinajstić information content (AvgIpc) is 2.71. The molecule has 0 amide bonds. The number of aliphatic carboxylic acids is 1. The molecule has 1 atom stereocenters. The molecule has 5 heteroatoms. The first-order chi connectivity index (χ1) is 13.6. The van der Waals surface area contributed by atoms with E-state index < -0.39 is 12.1 Å². The topological polar surface area (TPSA) is 65.0 Å². The molecular formula is C23H26O5. The third-order valence-corrected chi connectivity index (χ3v) is 3.89. The summed E-state index contributed by atoms with van der Waals surface area (Å²) in [4.78, 5) is 11.1. The maximum absolute atomic E-state index is 11.1. The van der Waals surface area contributed by atoms with Crippen LogP contribution in [0.15, 0.2) is 67.3 Å². The van der Waals surface area contributed by atoms with Crippen LogP contribution in [0.5, 0.6) is 11.5 Å². The summed E-state index contributed by atoms with van der Waals surface area (Å²) in [5, 5.41) is 9.14. The summed E-state index contributed by atoms with van der Waals surface area (Å²) in [5.41, 5.74) is 1.95. The minimum absolute atomic E-state index is 0.329. The van der Waals surface area contributed by atoms with Crippen LogP contribution in [0.4, 0.5) is 0 Å². The van der Waals surface area contributed by atoms with Gasteiger partial charge in [-0.05, 0) is 48.4 Å². The number of carbonyl (C=O) groups is 1. The van der Waals surface area contributed by atoms with Gasteiger partial charge in [-0.25, -0.2) is 4.79 Å². The fourth-order valence-electron chi connectivity index (χ4n) is 2.51. The van der Waals surface area contributed by atoms with E-state index in [1.807, 2.05) is 60.7 Å². The summed E-state index contributed by atoms with van der Waals surface area (Å²) in [6.07, 6.45) is 5.12. The highest BCUT2D eigenvalue weighted by Crippen LogP contribution is 2.16. The molecule has 1 N–H and O–H groups in total. The standard InChI is InChI=1S/C23H26O5/c1-3-15-27-20-11-7-18(8-12-20)6-5-16-28-21-13-9-19(10-14-21)17-22(23(24)25)26-4-2/h3,5-14,22H,1,4,15-17H2,2H3,(H,24,25)/b6-5+. The minimum Gasteiger partial charge on any atom is -0.490 e. The fraction of sp³-hybridized carbons (Fsp3) is 0.261. The Morgan fingerprint density at radius 1 is 1.04 bits per heavy atom. The van der Waals surface area contributed by atoms with Crippen LogP contribution in [0.2, 0.25) is 0 Å². The van der Waals surface area contributed by atoms with Crippen LogP contribution >= 0.6 is 0 Å². The van der Waals surface area contributed by atoms with Crippen LogP contribution < -0.4 is 9.47 Å². The Morgan fingerprint density at radius 3 is 2.21 bits per heavy atom. The van der Waals surface area contributed by atoms with Gasteiger partial charge in [-0.1, -0.05) is 43.0 Å². The van der Waals surface area contributed by atoms with E-state index in [4.69, 9.17) is 19.3 Å². The molecule has 0 fully saturated rings. The third-order valence-electron chi connectivity index (χ3n) is 3.89. The van der Waals surface area contributed by atoms with Crippen LogP contribution in [0, 0.1) is 0 Å². The Morgan fingerprint density at radius 2 is 1.64 bits per heavy atom. The van der Waals surface area contributed by atoms with Gasteiger partial charge in [0.05, 0.1) is 0 Å². The Bertz CT molecular complexity index is 763. The Kier molecular flexibility index (Phi) is 8.82. The highest BCUT2D eigenvalue weighted by molar-refractivity contribution is 5.72. The van der Waals surface area contributed by atoms with Gasteiger partial charge in [0, 0.05) is 13.0 Å². The van der Waals surface area contributed by atoms with Gasteiger partial charge in [0.25, 0.3) is 0 Å². The second-order valence-electron chi connectivity index (χ2n) is 6.01. The summed E-state index contributed by atoms with van der Waals surface area (Å²) in [5.74, 6) is 0.584. The number of rotatable bonds is 12. The summed E-state index contributed by atoms with van der Waals surface area (Å²) >= 11 is 0. The van der Waals surface area contributed by atoms with Gasteiger partial charge in [-0.2, -0.15) is 0 Å². The summed E-state index contributed by atoms with van der Waals surface area (Å²) in [6.45, 7) is 6.70. The van der Waals surface area contributed by atoms with E-state index in [9.17, 15) is 4.79 Å². The zero-order valence-electron chi connectivity index (χ0n) is 16.0. The predicted octanol–water partition coefficient (Wildman–Crippen LogP) is 4.38. The molecule has 0 radical (unpaired) electrons. The molecule has 0 aromatic heterocycles. The smallest absolute Gasteiger partial charge is 0.333 e. The van der Waals surface area contributed by atoms with E-state index in [1.54, 1.807) is 13.0 Å². The second kappa shape index (κ2) is 11.6. The van der Waals surface area contributed by atoms with E-state index >= 15 is 0 Å². The molecule has 0 aliphatic carbocycles. The molecule has 0 bridgehead atoms. The van der Waals surface area contributed by atoms with Crippen molar-refractivity contribution < 1.29 is 24.1 Å². The van der Waals surface area contributed by atoms with Crippen molar-refractivity contribution in [3.63, 3.8) is 0 Å². The number of benzene rings is 2. The zero-order valence-corrected chi connectivity index (χ0v) is 16.0. The molecule has 0 saturated heterocycles. The van der Waals surface area contributed by atoms with Crippen molar-refractivity contribution in [3.05, 3.63) is 78.4 Å². The maximum Gasteiger partial charge on any atom is 0.333 e. The largest absolute Gasteiger partial charge is 0.490 e. The molecule has 0 heterocycles. The van der Waals surface area contributed by atoms with Crippen molar-refractivity contribution in [1.82, 2.24) is 0 Å². The normalized spacial score (nSPS) is 11.9. The van der Waals surface area contributed by atoms with Gasteiger partial charge in [0.15, 0.2) is 6.10 Å². The summed E-state index contributed by atoms with van der Waals surface area (Å²) < 4.78 is 16.4. The van der Waals surface area contributed by atoms with Crippen LogP contribution in [0.3, 0.4) is 0 Å². The third kappa shape index (κ3) is 7.29. The first kappa shape index (κ1) is 21.3. The van der Waals surface area contributed by atoms with Gasteiger partial charge >= 0.3 is 5.97 Å². The second-order valence-corrected chi connectivity index (χ2v) is 6.01. The lowest BCUT2D eigenvalue weighted by Crippen LogP contribution is -2.26. The first-order valence-electron chi connectivity index (χ1n) is 9.18. The van der Waals surface area contributed by atoms with Crippen molar-refractivity contribution in [2.45, 2.75) is 19.4 Å². The van der Waals surface area contributed by atoms with Gasteiger partial charge in [-0.3, -0.25) is 0 Å². The van der Waals surface area contributed by atoms with E-state index in [0.29, 0.717) is 26.2 Å². The molecule has 0 saturated carbocycles. The molecule has 0 aliphatic heterocycles. The molecule has 2 aromatic carbocycles. The monoisotopic (exact) mass is 382 g/mol. The molecule has 2 aromatic rings. The molecule has 1 unspecified atom stereocenters. The molecule has 2 rings (SSSR count). The quantitative estimate of drug-likeness (QED) is 0.552. The summed E-state index contributed by atoms with van der Waals surface area (Å²) in [7, 11) is 0. The summed E-state index contributed by atoms with van der Waals surface area (Å²) in [6, 6.07) is 15.2. The van der Waals surface area contributed by atoms with Crippen molar-refractivity contribution in [3.8, 4) is 11.5 Å². The molecule has 5 nitrogen and oxygen atoms in total. The molecular weight excluding hydrogens is 356 g/mol. The Balaban J connectivity index is 1.80. The number of carboxylic acid groups (broad SMARTS) is 1. The molecule has 148 valence electrons. The van der Waals surface area contributed by atoms with Crippen molar-refractivity contribution in [1.29, 1.82) is 0 Å². The van der Waals surface area contributed by atoms with Crippen molar-refractivity contribution in [2.75, 3.05) is 19.8 Å². The molecule has 0 spiro atoms. The van der Waals surface area contributed by atoms with Crippen LogP contribution in [0.1, 0.15) is 18.1 Å². The zero-order chi connectivity index (χ0) is 20.2. The van der Waals surface area contributed by atoms with E-state index in [1.165, 1.54) is 0 Å². The lowest BCUT2D eigenvalue weighted by atomic mass is 10.1. The SMILES string of the molecule is C=CCOc1ccc(/C=C/COc2ccc(CC(OCC)C(=O)O)cc2)cc1. The van der Waals surface area contributed by atoms with Gasteiger partial charge in [0.1, 0.15) is 24.7 Å². The Hall–Kier alpha value is -3.05. The van der Waals surface area contributed by atoms with Gasteiger partial charge in [-0.15, -0.1) is 0 Å². The number of hydrogen-bond donors (Lipinski definition) is 1. The van der Waals surface area contributed by atoms with Gasteiger partial charge < -0.3 is 19.3 Å². The predicted molar refractivity (Wildman–Crippen MR) is 110 cm³/mol. The van der Waals surface area contributed by atoms with Crippen LogP contribution in [-0.2, 0) is 16.0 Å². The van der Waals surface area contributed by atoms with E-state index in [2.05, 4.69) is 6.58 Å². The number of carboxylic acids is 1. The fourth-order valence-corrected chi connectivity index (χ4v) is 2.51. The van der Waals surface area contributed by atoms with Gasteiger partial charge in [0.2, 0.25) is 0 Å². The van der Waals surface area contributed by atoms with Crippen molar-refractivity contribution in [2.24, 2.45) is 0 Å². The highest BCUT2D eigenvalue weighted by Gasteiger charge is 2.17. The maximum atomic E-state index is 11.1. The van der Waals surface area contributed by atoms with Crippen LogP contribution in [0.25, 0.3) is 6.08 Å². The Labute approximate surface area is 165 Å². The first-order valence-corrected chi connectivity index (χ1v) is 9.18. The minimum atomic E-state index is -0.951. The van der Waals surface area contributed by atoms with E-state index in [-0.39, 0.29) is 0 Å². The van der Waals surface area contributed by atoms with Crippen molar-refractivity contribution >= 4 is 12.0 Å². The lowest BCUT2D eigenvalue weighted by Gasteiger charge is -2.12. The highest BCUT2D eigenvalue weighted by atomic mass is 16.5. The van der Waals surface area contributed by atoms with E-state index in [0.717, 1.165) is 22.6 Å². The number of hydrogen-bond acceptors (Lipinski definition) is 4.